The highest BCUT2D eigenvalue weighted by molar-refractivity contribution is 5.91. The molecule has 0 atom stereocenters. The number of hydrogen-bond acceptors (Lipinski definition) is 4. The number of aromatic nitrogens is 3. The Morgan fingerprint density at radius 2 is 2.10 bits per heavy atom. The van der Waals surface area contributed by atoms with E-state index in [1.165, 1.54) is 0 Å². The minimum Gasteiger partial charge on any atom is -0.462 e. The van der Waals surface area contributed by atoms with Crippen molar-refractivity contribution in [3.63, 3.8) is 0 Å². The minimum atomic E-state index is -0.312. The zero-order valence-electron chi connectivity index (χ0n) is 12.1. The van der Waals surface area contributed by atoms with Gasteiger partial charge in [0.2, 0.25) is 0 Å². The number of aryl methyl sites for hydroxylation is 2. The first-order valence-corrected chi connectivity index (χ1v) is 6.89. The lowest BCUT2D eigenvalue weighted by atomic mass is 10.1. The molecule has 0 spiro atoms. The van der Waals surface area contributed by atoms with E-state index < -0.39 is 0 Å². The maximum Gasteiger partial charge on any atom is 0.339 e. The zero-order valence-corrected chi connectivity index (χ0v) is 12.1. The van der Waals surface area contributed by atoms with Crippen LogP contribution in [0.2, 0.25) is 0 Å². The molecule has 0 aliphatic rings. The van der Waals surface area contributed by atoms with Gasteiger partial charge in [0.1, 0.15) is 0 Å². The largest absolute Gasteiger partial charge is 0.462 e. The fourth-order valence-electron chi connectivity index (χ4n) is 2.00. The Hall–Kier alpha value is -2.17. The molecule has 0 amide bonds. The molecular formula is C15H19N3O2. The average molecular weight is 273 g/mol. The second-order valence-electron chi connectivity index (χ2n) is 4.35. The van der Waals surface area contributed by atoms with Gasteiger partial charge in [-0.3, -0.25) is 9.67 Å². The maximum absolute atomic E-state index is 11.8. The Kier molecular flexibility index (Phi) is 4.50. The first-order valence-electron chi connectivity index (χ1n) is 6.89. The molecule has 106 valence electrons. The van der Waals surface area contributed by atoms with Gasteiger partial charge in [0.25, 0.3) is 0 Å². The number of hydrogen-bond donors (Lipinski definition) is 0. The monoisotopic (exact) mass is 273 g/mol. The summed E-state index contributed by atoms with van der Waals surface area (Å²) in [4.78, 5) is 16.4. The summed E-state index contributed by atoms with van der Waals surface area (Å²) in [6.07, 6.45) is 4.42. The minimum absolute atomic E-state index is 0.312. The molecule has 0 saturated heterocycles. The number of ether oxygens (including phenoxy) is 1. The van der Waals surface area contributed by atoms with Crippen LogP contribution >= 0.6 is 0 Å². The lowest BCUT2D eigenvalue weighted by Crippen LogP contribution is -2.09. The molecule has 0 aliphatic heterocycles. The zero-order chi connectivity index (χ0) is 14.5. The van der Waals surface area contributed by atoms with Crippen molar-refractivity contribution >= 4 is 5.97 Å². The van der Waals surface area contributed by atoms with Crippen molar-refractivity contribution in [3.05, 3.63) is 35.8 Å². The van der Waals surface area contributed by atoms with Gasteiger partial charge in [-0.15, -0.1) is 0 Å². The molecule has 0 aliphatic carbocycles. The quantitative estimate of drug-likeness (QED) is 0.786. The highest BCUT2D eigenvalue weighted by Crippen LogP contribution is 2.19. The van der Waals surface area contributed by atoms with Gasteiger partial charge in [-0.05, 0) is 32.4 Å². The van der Waals surface area contributed by atoms with Gasteiger partial charge >= 0.3 is 5.97 Å². The van der Waals surface area contributed by atoms with Gasteiger partial charge in [0, 0.05) is 18.3 Å². The van der Waals surface area contributed by atoms with Crippen molar-refractivity contribution in [3.8, 4) is 11.3 Å². The number of carbonyl (C=O) groups is 1. The van der Waals surface area contributed by atoms with E-state index in [9.17, 15) is 4.79 Å². The molecule has 5 heteroatoms. The van der Waals surface area contributed by atoms with E-state index in [1.807, 2.05) is 30.8 Å². The lowest BCUT2D eigenvalue weighted by Gasteiger charge is -2.08. The van der Waals surface area contributed by atoms with Crippen molar-refractivity contribution < 1.29 is 9.53 Å². The van der Waals surface area contributed by atoms with Gasteiger partial charge in [-0.25, -0.2) is 4.79 Å². The van der Waals surface area contributed by atoms with Crippen LogP contribution in [0, 0.1) is 0 Å². The molecule has 0 unspecified atom stereocenters. The van der Waals surface area contributed by atoms with Crippen LogP contribution in [-0.2, 0) is 17.7 Å². The van der Waals surface area contributed by atoms with Crippen molar-refractivity contribution in [1.82, 2.24) is 14.8 Å². The molecule has 2 aromatic rings. The molecule has 20 heavy (non-hydrogen) atoms. The van der Waals surface area contributed by atoms with E-state index in [1.54, 1.807) is 19.2 Å². The van der Waals surface area contributed by atoms with Crippen molar-refractivity contribution in [2.24, 2.45) is 0 Å². The van der Waals surface area contributed by atoms with Crippen molar-refractivity contribution in [1.29, 1.82) is 0 Å². The Morgan fingerprint density at radius 3 is 2.70 bits per heavy atom. The van der Waals surface area contributed by atoms with Crippen LogP contribution in [0.25, 0.3) is 11.3 Å². The maximum atomic E-state index is 11.8. The SMILES string of the molecule is CCOC(=O)c1ccc(-c2cnn(CC)c2)nc1CC. The van der Waals surface area contributed by atoms with Crippen LogP contribution in [0.15, 0.2) is 24.5 Å². The lowest BCUT2D eigenvalue weighted by molar-refractivity contribution is 0.0524. The highest BCUT2D eigenvalue weighted by Gasteiger charge is 2.14. The van der Waals surface area contributed by atoms with Crippen LogP contribution in [0.4, 0.5) is 0 Å². The van der Waals surface area contributed by atoms with E-state index in [4.69, 9.17) is 4.74 Å². The molecule has 2 aromatic heterocycles. The second kappa shape index (κ2) is 6.32. The third-order valence-electron chi connectivity index (χ3n) is 3.06. The first-order chi connectivity index (χ1) is 9.69. The van der Waals surface area contributed by atoms with Gasteiger partial charge in [-0.1, -0.05) is 6.92 Å². The fraction of sp³-hybridized carbons (Fsp3) is 0.400. The van der Waals surface area contributed by atoms with E-state index >= 15 is 0 Å². The predicted octanol–water partition coefficient (Wildman–Crippen LogP) is 2.70. The molecule has 0 bridgehead atoms. The standard InChI is InChI=1S/C15H19N3O2/c1-4-13-12(15(19)20-6-3)7-8-14(17-13)11-9-16-18(5-2)10-11/h7-10H,4-6H2,1-3H3. The molecule has 5 nitrogen and oxygen atoms in total. The third-order valence-corrected chi connectivity index (χ3v) is 3.06. The van der Waals surface area contributed by atoms with E-state index in [0.29, 0.717) is 18.6 Å². The topological polar surface area (TPSA) is 57.0 Å². The Labute approximate surface area is 118 Å². The van der Waals surface area contributed by atoms with Crippen molar-refractivity contribution in [2.45, 2.75) is 33.7 Å². The molecule has 0 saturated carbocycles. The van der Waals surface area contributed by atoms with E-state index in [0.717, 1.165) is 23.5 Å². The van der Waals surface area contributed by atoms with Crippen LogP contribution in [0.3, 0.4) is 0 Å². The van der Waals surface area contributed by atoms with Crippen LogP contribution < -0.4 is 0 Å². The number of nitrogens with zero attached hydrogens (tertiary/aromatic N) is 3. The second-order valence-corrected chi connectivity index (χ2v) is 4.35. The molecule has 0 radical (unpaired) electrons. The summed E-state index contributed by atoms with van der Waals surface area (Å²) in [7, 11) is 0. The first kappa shape index (κ1) is 14.2. The summed E-state index contributed by atoms with van der Waals surface area (Å²) in [5, 5.41) is 4.24. The van der Waals surface area contributed by atoms with Gasteiger partial charge in [-0.2, -0.15) is 5.10 Å². The summed E-state index contributed by atoms with van der Waals surface area (Å²) < 4.78 is 6.89. The fourth-order valence-corrected chi connectivity index (χ4v) is 2.00. The van der Waals surface area contributed by atoms with Gasteiger partial charge in [0.15, 0.2) is 0 Å². The van der Waals surface area contributed by atoms with Gasteiger partial charge in [0.05, 0.1) is 29.8 Å². The molecule has 2 rings (SSSR count). The molecule has 0 fully saturated rings. The summed E-state index contributed by atoms with van der Waals surface area (Å²) >= 11 is 0. The van der Waals surface area contributed by atoms with E-state index in [-0.39, 0.29) is 5.97 Å². The number of carbonyl (C=O) groups excluding carboxylic acids is 1. The molecule has 0 aromatic carbocycles. The van der Waals surface area contributed by atoms with E-state index in [2.05, 4.69) is 10.1 Å². The van der Waals surface area contributed by atoms with Crippen LogP contribution in [0.5, 0.6) is 0 Å². The molecular weight excluding hydrogens is 254 g/mol. The normalized spacial score (nSPS) is 10.6. The number of pyridine rings is 1. The summed E-state index contributed by atoms with van der Waals surface area (Å²) in [6.45, 7) is 6.99. The summed E-state index contributed by atoms with van der Waals surface area (Å²) in [5.41, 5.74) is 3.08. The smallest absolute Gasteiger partial charge is 0.339 e. The molecule has 0 N–H and O–H groups in total. The Balaban J connectivity index is 2.35. The Bertz CT molecular complexity index is 605. The Morgan fingerprint density at radius 1 is 1.30 bits per heavy atom. The molecule has 2 heterocycles. The van der Waals surface area contributed by atoms with Crippen molar-refractivity contribution in [2.75, 3.05) is 6.61 Å². The number of rotatable bonds is 5. The third kappa shape index (κ3) is 2.87. The van der Waals surface area contributed by atoms with Gasteiger partial charge < -0.3 is 4.74 Å². The summed E-state index contributed by atoms with van der Waals surface area (Å²) in [6, 6.07) is 3.62. The van der Waals surface area contributed by atoms with Crippen LogP contribution in [-0.4, -0.2) is 27.3 Å². The number of esters is 1. The average Bonchev–Trinajstić information content (AvgIpc) is 2.95. The highest BCUT2D eigenvalue weighted by atomic mass is 16.5. The van der Waals surface area contributed by atoms with Crippen LogP contribution in [0.1, 0.15) is 36.8 Å². The summed E-state index contributed by atoms with van der Waals surface area (Å²) in [5.74, 6) is -0.312. The predicted molar refractivity (Wildman–Crippen MR) is 76.5 cm³/mol.